The number of ether oxygens (including phenoxy) is 1. The van der Waals surface area contributed by atoms with Crippen LogP contribution >= 0.6 is 0 Å². The summed E-state index contributed by atoms with van der Waals surface area (Å²) in [6.07, 6.45) is 1.54. The molecule has 5 heteroatoms. The van der Waals surface area contributed by atoms with E-state index < -0.39 is 0 Å². The van der Waals surface area contributed by atoms with Crippen LogP contribution in [-0.2, 0) is 4.74 Å². The summed E-state index contributed by atoms with van der Waals surface area (Å²) in [5, 5.41) is 4.18. The van der Waals surface area contributed by atoms with Crippen LogP contribution in [-0.4, -0.2) is 30.2 Å². The molecule has 5 nitrogen and oxygen atoms in total. The highest BCUT2D eigenvalue weighted by atomic mass is 16.5. The maximum absolute atomic E-state index is 5.79. The molecule has 0 saturated heterocycles. The Morgan fingerprint density at radius 1 is 1.28 bits per heavy atom. The van der Waals surface area contributed by atoms with Gasteiger partial charge in [-0.05, 0) is 12.1 Å². The molecule has 0 saturated carbocycles. The highest BCUT2D eigenvalue weighted by molar-refractivity contribution is 6.05. The molecule has 0 radical (unpaired) electrons. The van der Waals surface area contributed by atoms with Crippen molar-refractivity contribution >= 4 is 27.9 Å². The number of nitrogens with zero attached hydrogens (tertiary/aromatic N) is 2. The average Bonchev–Trinajstić information content (AvgIpc) is 2.79. The van der Waals surface area contributed by atoms with E-state index >= 15 is 0 Å². The second kappa shape index (κ2) is 4.62. The number of para-hydroxylation sites is 1. The van der Waals surface area contributed by atoms with E-state index in [-0.39, 0.29) is 0 Å². The minimum Gasteiger partial charge on any atom is -0.450 e. The van der Waals surface area contributed by atoms with Crippen molar-refractivity contribution in [1.29, 1.82) is 0 Å². The Balaban J connectivity index is 2.09. The Morgan fingerprint density at radius 2 is 2.17 bits per heavy atom. The maximum atomic E-state index is 5.79. The normalized spacial score (nSPS) is 11.2. The third kappa shape index (κ3) is 1.78. The van der Waals surface area contributed by atoms with Gasteiger partial charge < -0.3 is 14.5 Å². The van der Waals surface area contributed by atoms with Gasteiger partial charge in [-0.2, -0.15) is 0 Å². The lowest BCUT2D eigenvalue weighted by atomic mass is 10.2. The summed E-state index contributed by atoms with van der Waals surface area (Å²) in [7, 11) is 1.67. The number of fused-ring (bicyclic) bond motifs is 3. The highest BCUT2D eigenvalue weighted by Gasteiger charge is 2.11. The van der Waals surface area contributed by atoms with E-state index in [0.717, 1.165) is 16.5 Å². The molecule has 0 fully saturated rings. The zero-order valence-electron chi connectivity index (χ0n) is 10.0. The van der Waals surface area contributed by atoms with Crippen molar-refractivity contribution in [1.82, 2.24) is 9.97 Å². The fourth-order valence-corrected chi connectivity index (χ4v) is 1.92. The van der Waals surface area contributed by atoms with E-state index in [1.807, 2.05) is 24.3 Å². The van der Waals surface area contributed by atoms with E-state index in [2.05, 4.69) is 15.3 Å². The molecular weight excluding hydrogens is 230 g/mol. The van der Waals surface area contributed by atoms with Crippen molar-refractivity contribution in [3.63, 3.8) is 0 Å². The monoisotopic (exact) mass is 243 g/mol. The summed E-state index contributed by atoms with van der Waals surface area (Å²) in [5.74, 6) is 0.702. The summed E-state index contributed by atoms with van der Waals surface area (Å²) in [6, 6.07) is 7.83. The largest absolute Gasteiger partial charge is 0.450 e. The first kappa shape index (κ1) is 11.0. The average molecular weight is 243 g/mol. The number of nitrogens with one attached hydrogen (secondary N) is 1. The summed E-state index contributed by atoms with van der Waals surface area (Å²) in [5.41, 5.74) is 2.35. The van der Waals surface area contributed by atoms with E-state index in [0.29, 0.717) is 24.6 Å². The fraction of sp³-hybridized carbons (Fsp3) is 0.231. The summed E-state index contributed by atoms with van der Waals surface area (Å²) in [4.78, 5) is 8.48. The van der Waals surface area contributed by atoms with Crippen molar-refractivity contribution in [2.75, 3.05) is 25.6 Å². The number of rotatable bonds is 4. The van der Waals surface area contributed by atoms with Crippen molar-refractivity contribution in [3.05, 3.63) is 30.6 Å². The van der Waals surface area contributed by atoms with Crippen LogP contribution in [0.5, 0.6) is 0 Å². The van der Waals surface area contributed by atoms with Crippen LogP contribution in [0.1, 0.15) is 0 Å². The van der Waals surface area contributed by atoms with E-state index in [4.69, 9.17) is 9.15 Å². The number of furan rings is 1. The highest BCUT2D eigenvalue weighted by Crippen LogP contribution is 2.29. The lowest BCUT2D eigenvalue weighted by Crippen LogP contribution is -2.08. The number of anilines is 1. The Kier molecular flexibility index (Phi) is 2.82. The molecule has 1 N–H and O–H groups in total. The standard InChI is InChI=1S/C13H13N3O2/c1-17-7-6-14-13-12-11(15-8-16-13)9-4-2-3-5-10(9)18-12/h2-5,8H,6-7H2,1H3,(H,14,15,16). The topological polar surface area (TPSA) is 60.2 Å². The first-order valence-electron chi connectivity index (χ1n) is 5.75. The molecular formula is C13H13N3O2. The Labute approximate surface area is 104 Å². The Morgan fingerprint density at radius 3 is 3.06 bits per heavy atom. The van der Waals surface area contributed by atoms with E-state index in [1.54, 1.807) is 13.4 Å². The molecule has 2 heterocycles. The molecule has 0 aliphatic carbocycles. The number of methoxy groups -OCH3 is 1. The SMILES string of the molecule is COCCNc1ncnc2c1oc1ccccc12. The van der Waals surface area contributed by atoms with Crippen LogP contribution < -0.4 is 5.32 Å². The molecule has 0 amide bonds. The van der Waals surface area contributed by atoms with Gasteiger partial charge in [0.1, 0.15) is 17.4 Å². The first-order valence-corrected chi connectivity index (χ1v) is 5.75. The molecule has 18 heavy (non-hydrogen) atoms. The molecule has 3 rings (SSSR count). The molecule has 0 aliphatic rings. The number of aromatic nitrogens is 2. The zero-order valence-corrected chi connectivity index (χ0v) is 10.0. The number of benzene rings is 1. The smallest absolute Gasteiger partial charge is 0.196 e. The van der Waals surface area contributed by atoms with E-state index in [9.17, 15) is 0 Å². The van der Waals surface area contributed by atoms with Crippen LogP contribution in [0.4, 0.5) is 5.82 Å². The molecule has 0 aliphatic heterocycles. The molecule has 2 aromatic heterocycles. The van der Waals surface area contributed by atoms with Gasteiger partial charge in [-0.25, -0.2) is 9.97 Å². The summed E-state index contributed by atoms with van der Waals surface area (Å²) < 4.78 is 10.8. The van der Waals surface area contributed by atoms with Gasteiger partial charge in [-0.3, -0.25) is 0 Å². The lowest BCUT2D eigenvalue weighted by Gasteiger charge is -2.03. The van der Waals surface area contributed by atoms with Crippen molar-refractivity contribution in [3.8, 4) is 0 Å². The fourth-order valence-electron chi connectivity index (χ4n) is 1.92. The van der Waals surface area contributed by atoms with Gasteiger partial charge in [0.2, 0.25) is 0 Å². The second-order valence-electron chi connectivity index (χ2n) is 3.92. The van der Waals surface area contributed by atoms with Crippen LogP contribution in [0.15, 0.2) is 35.0 Å². The Bertz CT molecular complexity index is 678. The van der Waals surface area contributed by atoms with Crippen LogP contribution in [0.25, 0.3) is 22.1 Å². The molecule has 0 bridgehead atoms. The molecule has 1 aromatic carbocycles. The molecule has 0 unspecified atom stereocenters. The Hall–Kier alpha value is -2.14. The van der Waals surface area contributed by atoms with Crippen molar-refractivity contribution in [2.45, 2.75) is 0 Å². The number of hydrogen-bond acceptors (Lipinski definition) is 5. The molecule has 92 valence electrons. The minimum atomic E-state index is 0.617. The number of hydrogen-bond donors (Lipinski definition) is 1. The van der Waals surface area contributed by atoms with E-state index in [1.165, 1.54) is 0 Å². The summed E-state index contributed by atoms with van der Waals surface area (Å²) in [6.45, 7) is 1.30. The van der Waals surface area contributed by atoms with Crippen molar-refractivity contribution in [2.24, 2.45) is 0 Å². The molecule has 0 atom stereocenters. The maximum Gasteiger partial charge on any atom is 0.196 e. The third-order valence-corrected chi connectivity index (χ3v) is 2.76. The van der Waals surface area contributed by atoms with Gasteiger partial charge >= 0.3 is 0 Å². The minimum absolute atomic E-state index is 0.617. The predicted molar refractivity (Wildman–Crippen MR) is 69.7 cm³/mol. The van der Waals surface area contributed by atoms with Gasteiger partial charge in [-0.1, -0.05) is 12.1 Å². The zero-order chi connectivity index (χ0) is 12.4. The summed E-state index contributed by atoms with van der Waals surface area (Å²) >= 11 is 0. The third-order valence-electron chi connectivity index (χ3n) is 2.76. The van der Waals surface area contributed by atoms with Crippen LogP contribution in [0, 0.1) is 0 Å². The van der Waals surface area contributed by atoms with Gasteiger partial charge in [-0.15, -0.1) is 0 Å². The molecule has 3 aromatic rings. The second-order valence-corrected chi connectivity index (χ2v) is 3.92. The quantitative estimate of drug-likeness (QED) is 0.713. The van der Waals surface area contributed by atoms with Crippen molar-refractivity contribution < 1.29 is 9.15 Å². The lowest BCUT2D eigenvalue weighted by molar-refractivity contribution is 0.210. The van der Waals surface area contributed by atoms with Gasteiger partial charge in [0, 0.05) is 19.0 Å². The predicted octanol–water partition coefficient (Wildman–Crippen LogP) is 2.43. The molecule has 0 spiro atoms. The van der Waals surface area contributed by atoms with Gasteiger partial charge in [0.05, 0.1) is 6.61 Å². The first-order chi connectivity index (χ1) is 8.90. The van der Waals surface area contributed by atoms with Gasteiger partial charge in [0.25, 0.3) is 0 Å². The van der Waals surface area contributed by atoms with Crippen LogP contribution in [0.3, 0.4) is 0 Å². The van der Waals surface area contributed by atoms with Crippen LogP contribution in [0.2, 0.25) is 0 Å². The van der Waals surface area contributed by atoms with Gasteiger partial charge in [0.15, 0.2) is 11.4 Å².